The molecule has 0 aromatic carbocycles. The average Bonchev–Trinajstić information content (AvgIpc) is 1.98. The third-order valence-electron chi connectivity index (χ3n) is 1.44. The molecule has 0 amide bonds. The van der Waals surface area contributed by atoms with Crippen LogP contribution in [0, 0.1) is 0 Å². The highest BCUT2D eigenvalue weighted by Crippen LogP contribution is 2.52. The van der Waals surface area contributed by atoms with Gasteiger partial charge in [0.15, 0.2) is 0 Å². The zero-order valence-corrected chi connectivity index (χ0v) is 10.1. The molecular weight excluding hydrogens is 246 g/mol. The maximum absolute atomic E-state index is 10.7. The molecule has 0 heterocycles. The molecule has 2 atom stereocenters. The smallest absolute Gasteiger partial charge is 0.274 e. The molecule has 0 saturated heterocycles. The van der Waals surface area contributed by atoms with E-state index in [1.165, 1.54) is 0 Å². The van der Waals surface area contributed by atoms with Crippen LogP contribution in [0.2, 0.25) is 0 Å². The Hall–Kier alpha value is -0.0000000000000000416. The van der Waals surface area contributed by atoms with Gasteiger partial charge in [-0.2, -0.15) is 0 Å². The van der Waals surface area contributed by atoms with Gasteiger partial charge < -0.3 is 19.2 Å². The summed E-state index contributed by atoms with van der Waals surface area (Å²) in [5, 5.41) is 0. The first-order valence-electron chi connectivity index (χ1n) is 3.99. The van der Waals surface area contributed by atoms with Crippen molar-refractivity contribution in [2.24, 2.45) is 0 Å². The van der Waals surface area contributed by atoms with E-state index in [0.29, 0.717) is 6.42 Å². The Balaban J connectivity index is 4.06. The Bertz CT molecular complexity index is 317. The van der Waals surface area contributed by atoms with Crippen LogP contribution in [0.5, 0.6) is 0 Å². The number of hydrogen-bond donors (Lipinski definition) is 1. The third kappa shape index (κ3) is 8.96. The molecular formula is C6H12O7P2-2. The number of rotatable bonds is 6. The summed E-state index contributed by atoms with van der Waals surface area (Å²) in [7, 11) is -10.3. The van der Waals surface area contributed by atoms with Gasteiger partial charge in [0, 0.05) is 0 Å². The molecule has 0 bridgehead atoms. The van der Waals surface area contributed by atoms with Crippen LogP contribution in [0.3, 0.4) is 0 Å². The first-order valence-corrected chi connectivity index (χ1v) is 6.94. The highest BCUT2D eigenvalue weighted by Gasteiger charge is 2.16. The third-order valence-corrected chi connectivity index (χ3v) is 3.57. The summed E-state index contributed by atoms with van der Waals surface area (Å²) < 4.78 is 28.4. The maximum Gasteiger partial charge on any atom is 0.274 e. The number of allylic oxidation sites excluding steroid dienone is 1. The number of phosphoric acid groups is 2. The van der Waals surface area contributed by atoms with Crippen LogP contribution >= 0.6 is 15.6 Å². The van der Waals surface area contributed by atoms with Crippen molar-refractivity contribution in [2.75, 3.05) is 6.61 Å². The van der Waals surface area contributed by atoms with Crippen molar-refractivity contribution < 1.29 is 32.6 Å². The quantitative estimate of drug-likeness (QED) is 0.537. The van der Waals surface area contributed by atoms with Crippen molar-refractivity contribution in [1.82, 2.24) is 0 Å². The van der Waals surface area contributed by atoms with E-state index in [2.05, 4.69) is 8.83 Å². The lowest BCUT2D eigenvalue weighted by Crippen LogP contribution is -2.12. The van der Waals surface area contributed by atoms with Crippen molar-refractivity contribution in [3.05, 3.63) is 11.6 Å². The van der Waals surface area contributed by atoms with E-state index in [1.807, 2.05) is 0 Å². The minimum Gasteiger partial charge on any atom is -0.756 e. The van der Waals surface area contributed by atoms with E-state index < -0.39 is 15.6 Å². The van der Waals surface area contributed by atoms with Crippen LogP contribution in [0.25, 0.3) is 0 Å². The molecule has 90 valence electrons. The highest BCUT2D eigenvalue weighted by molar-refractivity contribution is 7.59. The Labute approximate surface area is 87.6 Å². The summed E-state index contributed by atoms with van der Waals surface area (Å²) in [6.07, 6.45) is 2.07. The van der Waals surface area contributed by atoms with Crippen molar-refractivity contribution in [2.45, 2.75) is 20.3 Å². The van der Waals surface area contributed by atoms with Crippen molar-refractivity contribution in [1.29, 1.82) is 0 Å². The van der Waals surface area contributed by atoms with Crippen molar-refractivity contribution in [3.8, 4) is 0 Å². The fraction of sp³-hybridized carbons (Fsp3) is 0.667. The zero-order valence-electron chi connectivity index (χ0n) is 8.28. The first kappa shape index (κ1) is 15.0. The van der Waals surface area contributed by atoms with Gasteiger partial charge in [0.2, 0.25) is 0 Å². The van der Waals surface area contributed by atoms with Gasteiger partial charge >= 0.3 is 0 Å². The van der Waals surface area contributed by atoms with Crippen LogP contribution in [0.4, 0.5) is 0 Å². The normalized spacial score (nSPS) is 20.7. The van der Waals surface area contributed by atoms with E-state index >= 15 is 0 Å². The minimum absolute atomic E-state index is 0.239. The molecule has 0 aliphatic heterocycles. The summed E-state index contributed by atoms with van der Waals surface area (Å²) >= 11 is 0. The lowest BCUT2D eigenvalue weighted by molar-refractivity contribution is -0.240. The maximum atomic E-state index is 10.7. The van der Waals surface area contributed by atoms with E-state index in [0.717, 1.165) is 5.57 Å². The summed E-state index contributed by atoms with van der Waals surface area (Å²) in [5.41, 5.74) is 0.879. The lowest BCUT2D eigenvalue weighted by atomic mass is 10.2. The standard InChI is InChI=1S/C6H14O7P2/c1-3-6(2)4-5-12-15(10,11)13-14(7,8)9/h3H,4-5H2,1-2H3,(H,10,11)(H2,7,8,9)/p-2/b6-3-. The molecule has 0 fully saturated rings. The molecule has 0 aliphatic carbocycles. The summed E-state index contributed by atoms with van der Waals surface area (Å²) in [5.74, 6) is 0. The SMILES string of the molecule is C/C=C(/C)CCOP(=O)([O-])OP(=O)([O-])O. The average molecular weight is 258 g/mol. The molecule has 0 aliphatic rings. The predicted octanol–water partition coefficient (Wildman–Crippen LogP) is 0.305. The van der Waals surface area contributed by atoms with Crippen LogP contribution in [0.15, 0.2) is 11.6 Å². The van der Waals surface area contributed by atoms with E-state index in [-0.39, 0.29) is 6.61 Å². The molecule has 7 nitrogen and oxygen atoms in total. The molecule has 9 heteroatoms. The largest absolute Gasteiger partial charge is 0.756 e. The zero-order chi connectivity index (χ0) is 12.1. The predicted molar refractivity (Wildman–Crippen MR) is 48.5 cm³/mol. The van der Waals surface area contributed by atoms with E-state index in [9.17, 15) is 18.9 Å². The summed E-state index contributed by atoms with van der Waals surface area (Å²) in [6, 6.07) is 0. The molecule has 2 unspecified atom stereocenters. The van der Waals surface area contributed by atoms with Gasteiger partial charge in [0.05, 0.1) is 6.61 Å². The molecule has 0 aromatic rings. The molecule has 0 aromatic heterocycles. The van der Waals surface area contributed by atoms with Gasteiger partial charge in [-0.1, -0.05) is 11.6 Å². The molecule has 0 radical (unpaired) electrons. The van der Waals surface area contributed by atoms with Crippen LogP contribution in [-0.4, -0.2) is 11.5 Å². The lowest BCUT2D eigenvalue weighted by Gasteiger charge is -2.27. The second-order valence-electron chi connectivity index (χ2n) is 2.72. The van der Waals surface area contributed by atoms with E-state index in [1.54, 1.807) is 19.9 Å². The van der Waals surface area contributed by atoms with Crippen molar-refractivity contribution >= 4 is 15.6 Å². The Morgan fingerprint density at radius 1 is 1.47 bits per heavy atom. The summed E-state index contributed by atoms with van der Waals surface area (Å²) in [6.45, 7) is 3.28. The first-order chi connectivity index (χ1) is 6.66. The van der Waals surface area contributed by atoms with Crippen molar-refractivity contribution in [3.63, 3.8) is 0 Å². The Morgan fingerprint density at radius 2 is 2.00 bits per heavy atom. The Kier molecular flexibility index (Phi) is 5.92. The topological polar surface area (TPSA) is 119 Å². The number of phosphoric ester groups is 1. The minimum atomic E-state index is -5.32. The van der Waals surface area contributed by atoms with Gasteiger partial charge in [-0.25, -0.2) is 4.31 Å². The van der Waals surface area contributed by atoms with Crippen LogP contribution < -0.4 is 9.79 Å². The molecule has 0 spiro atoms. The fourth-order valence-electron chi connectivity index (χ4n) is 0.613. The highest BCUT2D eigenvalue weighted by atomic mass is 31.3. The van der Waals surface area contributed by atoms with Gasteiger partial charge in [-0.05, 0) is 20.3 Å². The van der Waals surface area contributed by atoms with Gasteiger partial charge in [-0.3, -0.25) is 9.13 Å². The van der Waals surface area contributed by atoms with Gasteiger partial charge in [-0.15, -0.1) is 0 Å². The second-order valence-corrected chi connectivity index (χ2v) is 5.46. The van der Waals surface area contributed by atoms with Gasteiger partial charge in [0.25, 0.3) is 15.6 Å². The van der Waals surface area contributed by atoms with E-state index in [4.69, 9.17) is 4.89 Å². The van der Waals surface area contributed by atoms with Crippen LogP contribution in [0.1, 0.15) is 20.3 Å². The number of hydrogen-bond acceptors (Lipinski definition) is 6. The van der Waals surface area contributed by atoms with Crippen LogP contribution in [-0.2, 0) is 18.0 Å². The molecule has 15 heavy (non-hydrogen) atoms. The fourth-order valence-corrected chi connectivity index (χ4v) is 2.13. The molecule has 0 saturated carbocycles. The molecule has 0 rings (SSSR count). The molecule has 1 N–H and O–H groups in total. The second kappa shape index (κ2) is 5.92. The Morgan fingerprint density at radius 3 is 2.40 bits per heavy atom. The van der Waals surface area contributed by atoms with Gasteiger partial charge in [0.1, 0.15) is 0 Å². The summed E-state index contributed by atoms with van der Waals surface area (Å²) in [4.78, 5) is 29.0. The monoisotopic (exact) mass is 258 g/mol.